The number of nitrogens with one attached hydrogen (secondary N) is 1. The normalized spacial score (nSPS) is 10.6. The van der Waals surface area contributed by atoms with Gasteiger partial charge >= 0.3 is 0 Å². The number of methoxy groups -OCH3 is 3. The topological polar surface area (TPSA) is 60.6 Å². The van der Waals surface area contributed by atoms with Crippen LogP contribution in [0.2, 0.25) is 10.0 Å². The van der Waals surface area contributed by atoms with Gasteiger partial charge in [-0.1, -0.05) is 23.2 Å². The number of benzene rings is 2. The van der Waals surface area contributed by atoms with Crippen molar-refractivity contribution < 1.29 is 19.0 Å². The summed E-state index contributed by atoms with van der Waals surface area (Å²) in [5, 5.41) is 1.05. The summed E-state index contributed by atoms with van der Waals surface area (Å²) in [6, 6.07) is 10.2. The van der Waals surface area contributed by atoms with Crippen LogP contribution in [-0.4, -0.2) is 32.1 Å². The molecule has 1 aromatic heterocycles. The molecule has 7 heteroatoms. The van der Waals surface area contributed by atoms with E-state index in [9.17, 15) is 4.79 Å². The number of carbonyl (C=O) groups is 1. The summed E-state index contributed by atoms with van der Waals surface area (Å²) in [6.45, 7) is 0. The molecule has 0 amide bonds. The number of ketones is 1. The Morgan fingerprint density at radius 2 is 1.41 bits per heavy atom. The molecule has 0 spiro atoms. The van der Waals surface area contributed by atoms with Crippen LogP contribution in [0.5, 0.6) is 17.2 Å². The Balaban J connectivity index is 1.99. The number of ether oxygens (including phenoxy) is 3. The Labute approximate surface area is 166 Å². The largest absolute Gasteiger partial charge is 0.493 e. The zero-order chi connectivity index (χ0) is 19.6. The number of hydrogen-bond acceptors (Lipinski definition) is 4. The van der Waals surface area contributed by atoms with E-state index in [-0.39, 0.29) is 5.78 Å². The van der Waals surface area contributed by atoms with Crippen LogP contribution in [0.4, 0.5) is 0 Å². The summed E-state index contributed by atoms with van der Waals surface area (Å²) in [5.74, 6) is 1.04. The van der Waals surface area contributed by atoms with E-state index >= 15 is 0 Å². The molecule has 140 valence electrons. The van der Waals surface area contributed by atoms with Crippen LogP contribution in [0.25, 0.3) is 11.1 Å². The summed E-state index contributed by atoms with van der Waals surface area (Å²) in [5.41, 5.74) is 2.43. The van der Waals surface area contributed by atoms with E-state index in [1.54, 1.807) is 42.6 Å². The van der Waals surface area contributed by atoms with Crippen molar-refractivity contribution in [2.24, 2.45) is 0 Å². The molecule has 27 heavy (non-hydrogen) atoms. The number of halogens is 2. The quantitative estimate of drug-likeness (QED) is 0.569. The SMILES string of the molecule is COc1cc(C(=O)c2cc(-c3cc(Cl)cc(Cl)c3)c[nH]2)cc(OC)c1OC. The van der Waals surface area contributed by atoms with E-state index in [0.29, 0.717) is 38.6 Å². The zero-order valence-corrected chi connectivity index (χ0v) is 16.4. The lowest BCUT2D eigenvalue weighted by Crippen LogP contribution is -2.04. The molecule has 0 bridgehead atoms. The summed E-state index contributed by atoms with van der Waals surface area (Å²) in [7, 11) is 4.51. The second kappa shape index (κ2) is 7.94. The number of rotatable bonds is 6. The Hall–Kier alpha value is -2.63. The van der Waals surface area contributed by atoms with Gasteiger partial charge in [-0.15, -0.1) is 0 Å². The van der Waals surface area contributed by atoms with Gasteiger partial charge in [-0.2, -0.15) is 0 Å². The molecule has 5 nitrogen and oxygen atoms in total. The van der Waals surface area contributed by atoms with Gasteiger partial charge in [0.2, 0.25) is 11.5 Å². The first-order chi connectivity index (χ1) is 13.0. The number of carbonyl (C=O) groups excluding carboxylic acids is 1. The number of aromatic amines is 1. The van der Waals surface area contributed by atoms with Gasteiger partial charge in [-0.25, -0.2) is 0 Å². The summed E-state index contributed by atoms with van der Waals surface area (Å²) in [6.07, 6.45) is 1.73. The van der Waals surface area contributed by atoms with Crippen LogP contribution in [0.1, 0.15) is 16.1 Å². The first kappa shape index (κ1) is 19.1. The third-order valence-corrected chi connectivity index (χ3v) is 4.49. The fourth-order valence-corrected chi connectivity index (χ4v) is 3.31. The monoisotopic (exact) mass is 405 g/mol. The van der Waals surface area contributed by atoms with Gasteiger partial charge in [-0.05, 0) is 47.5 Å². The minimum absolute atomic E-state index is 0.214. The second-order valence-electron chi connectivity index (χ2n) is 5.70. The molecule has 0 saturated heterocycles. The van der Waals surface area contributed by atoms with Gasteiger partial charge in [-0.3, -0.25) is 4.79 Å². The number of hydrogen-bond donors (Lipinski definition) is 1. The molecule has 0 aliphatic heterocycles. The maximum Gasteiger partial charge on any atom is 0.209 e. The van der Waals surface area contributed by atoms with Gasteiger partial charge in [0.05, 0.1) is 27.0 Å². The van der Waals surface area contributed by atoms with Crippen LogP contribution >= 0.6 is 23.2 Å². The highest BCUT2D eigenvalue weighted by molar-refractivity contribution is 6.35. The van der Waals surface area contributed by atoms with Crippen molar-refractivity contribution in [3.63, 3.8) is 0 Å². The fourth-order valence-electron chi connectivity index (χ4n) is 2.78. The standard InChI is InChI=1S/C20H17Cl2NO4/c1-25-17-7-12(8-18(26-2)20(17)27-3)19(24)16-6-13(10-23-16)11-4-14(21)9-15(22)5-11/h4-10,23H,1-3H3. The highest BCUT2D eigenvalue weighted by Gasteiger charge is 2.19. The first-order valence-corrected chi connectivity index (χ1v) is 8.72. The average molecular weight is 406 g/mol. The predicted octanol–water partition coefficient (Wildman–Crippen LogP) is 5.25. The minimum Gasteiger partial charge on any atom is -0.493 e. The molecule has 0 saturated carbocycles. The predicted molar refractivity (Wildman–Crippen MR) is 106 cm³/mol. The fraction of sp³-hybridized carbons (Fsp3) is 0.150. The summed E-state index contributed by atoms with van der Waals surface area (Å²) >= 11 is 12.1. The Bertz CT molecular complexity index is 952. The molecular weight excluding hydrogens is 389 g/mol. The van der Waals surface area contributed by atoms with Crippen LogP contribution in [0, 0.1) is 0 Å². The molecular formula is C20H17Cl2NO4. The molecule has 0 unspecified atom stereocenters. The van der Waals surface area contributed by atoms with Crippen LogP contribution in [0.3, 0.4) is 0 Å². The summed E-state index contributed by atoms with van der Waals surface area (Å²) < 4.78 is 15.9. The van der Waals surface area contributed by atoms with Crippen LogP contribution in [0.15, 0.2) is 42.6 Å². The van der Waals surface area contributed by atoms with Crippen molar-refractivity contribution >= 4 is 29.0 Å². The maximum absolute atomic E-state index is 12.9. The van der Waals surface area contributed by atoms with Gasteiger partial charge in [0, 0.05) is 21.8 Å². The van der Waals surface area contributed by atoms with Crippen molar-refractivity contribution in [2.75, 3.05) is 21.3 Å². The molecule has 0 aliphatic carbocycles. The van der Waals surface area contributed by atoms with Crippen molar-refractivity contribution in [2.45, 2.75) is 0 Å². The van der Waals surface area contributed by atoms with E-state index in [2.05, 4.69) is 4.98 Å². The van der Waals surface area contributed by atoms with Crippen molar-refractivity contribution in [3.8, 4) is 28.4 Å². The third-order valence-electron chi connectivity index (χ3n) is 4.05. The van der Waals surface area contributed by atoms with E-state index in [0.717, 1.165) is 11.1 Å². The molecule has 0 atom stereocenters. The van der Waals surface area contributed by atoms with Crippen LogP contribution < -0.4 is 14.2 Å². The van der Waals surface area contributed by atoms with Gasteiger partial charge < -0.3 is 19.2 Å². The van der Waals surface area contributed by atoms with E-state index in [4.69, 9.17) is 37.4 Å². The van der Waals surface area contributed by atoms with Crippen molar-refractivity contribution in [1.29, 1.82) is 0 Å². The maximum atomic E-state index is 12.9. The highest BCUT2D eigenvalue weighted by Crippen LogP contribution is 2.39. The first-order valence-electron chi connectivity index (χ1n) is 7.96. The molecule has 0 radical (unpaired) electrons. The highest BCUT2D eigenvalue weighted by atomic mass is 35.5. The molecule has 0 aliphatic rings. The van der Waals surface area contributed by atoms with Crippen LogP contribution in [-0.2, 0) is 0 Å². The third kappa shape index (κ3) is 3.89. The van der Waals surface area contributed by atoms with Crippen molar-refractivity contribution in [1.82, 2.24) is 4.98 Å². The van der Waals surface area contributed by atoms with E-state index < -0.39 is 0 Å². The van der Waals surface area contributed by atoms with Gasteiger partial charge in [0.25, 0.3) is 0 Å². The van der Waals surface area contributed by atoms with E-state index in [1.807, 2.05) is 0 Å². The second-order valence-corrected chi connectivity index (χ2v) is 6.58. The molecule has 3 aromatic rings. The molecule has 3 rings (SSSR count). The Morgan fingerprint density at radius 1 is 0.815 bits per heavy atom. The summed E-state index contributed by atoms with van der Waals surface area (Å²) in [4.78, 5) is 15.9. The lowest BCUT2D eigenvalue weighted by Gasteiger charge is -2.13. The zero-order valence-electron chi connectivity index (χ0n) is 14.9. The van der Waals surface area contributed by atoms with Gasteiger partial charge in [0.1, 0.15) is 0 Å². The minimum atomic E-state index is -0.214. The lowest BCUT2D eigenvalue weighted by molar-refractivity contribution is 0.103. The number of H-pyrrole nitrogens is 1. The Morgan fingerprint density at radius 3 is 1.93 bits per heavy atom. The Kier molecular flexibility index (Phi) is 5.63. The number of aromatic nitrogens is 1. The lowest BCUT2D eigenvalue weighted by atomic mass is 10.0. The molecule has 1 N–H and O–H groups in total. The smallest absolute Gasteiger partial charge is 0.209 e. The average Bonchev–Trinajstić information content (AvgIpc) is 3.15. The molecule has 0 fully saturated rings. The van der Waals surface area contributed by atoms with E-state index in [1.165, 1.54) is 21.3 Å². The molecule has 1 heterocycles. The molecule has 2 aromatic carbocycles. The van der Waals surface area contributed by atoms with Crippen molar-refractivity contribution in [3.05, 3.63) is 63.9 Å². The van der Waals surface area contributed by atoms with Gasteiger partial charge in [0.15, 0.2) is 11.5 Å².